The number of hydrazone groups is 1. The summed E-state index contributed by atoms with van der Waals surface area (Å²) in [5.74, 6) is -0.794. The van der Waals surface area contributed by atoms with E-state index in [9.17, 15) is 9.59 Å². The Labute approximate surface area is 163 Å². The van der Waals surface area contributed by atoms with Gasteiger partial charge in [-0.3, -0.25) is 9.59 Å². The number of nitrogens with one attached hydrogen (secondary N) is 2. The second-order valence-electron chi connectivity index (χ2n) is 5.76. The first-order valence-electron chi connectivity index (χ1n) is 8.67. The van der Waals surface area contributed by atoms with Gasteiger partial charge in [-0.05, 0) is 42.3 Å². The van der Waals surface area contributed by atoms with Crippen molar-refractivity contribution in [2.75, 3.05) is 6.54 Å². The van der Waals surface area contributed by atoms with Crippen LogP contribution in [0.15, 0.2) is 53.6 Å². The number of halogens is 1. The number of hydrogen-bond donors (Lipinski definition) is 2. The minimum atomic E-state index is -0.790. The minimum absolute atomic E-state index is 0.371. The van der Waals surface area contributed by atoms with E-state index in [2.05, 4.69) is 15.8 Å². The summed E-state index contributed by atoms with van der Waals surface area (Å²) in [6.07, 6.45) is 3.22. The van der Waals surface area contributed by atoms with Gasteiger partial charge in [0, 0.05) is 17.1 Å². The topological polar surface area (TPSA) is 79.8 Å². The fraction of sp³-hybridized carbons (Fsp3) is 0.250. The van der Waals surface area contributed by atoms with Crippen molar-refractivity contribution in [3.8, 4) is 5.75 Å². The molecule has 2 aromatic carbocycles. The molecular weight excluding hydrogens is 366 g/mol. The number of ether oxygens (including phenoxy) is 1. The van der Waals surface area contributed by atoms with Gasteiger partial charge in [-0.1, -0.05) is 43.1 Å². The molecule has 0 aromatic heterocycles. The van der Waals surface area contributed by atoms with E-state index in [0.717, 1.165) is 24.0 Å². The molecule has 2 N–H and O–H groups in total. The predicted octanol–water partition coefficient (Wildman–Crippen LogP) is 3.29. The molecule has 0 radical (unpaired) electrons. The highest BCUT2D eigenvalue weighted by atomic mass is 35.5. The lowest BCUT2D eigenvalue weighted by atomic mass is 10.2. The van der Waals surface area contributed by atoms with Crippen LogP contribution >= 0.6 is 11.6 Å². The lowest BCUT2D eigenvalue weighted by Crippen LogP contribution is -2.38. The number of nitrogens with zero attached hydrogens (tertiary/aromatic N) is 1. The zero-order valence-corrected chi connectivity index (χ0v) is 15.8. The van der Waals surface area contributed by atoms with E-state index in [1.54, 1.807) is 24.3 Å². The third-order valence-electron chi connectivity index (χ3n) is 3.63. The van der Waals surface area contributed by atoms with Gasteiger partial charge in [0.25, 0.3) is 0 Å². The molecule has 6 nitrogen and oxygen atoms in total. The van der Waals surface area contributed by atoms with Gasteiger partial charge in [-0.15, -0.1) is 0 Å². The standard InChI is InChI=1S/C20H22ClN3O3/c1-2-3-12-22-19(25)20(26)24-23-13-15-8-10-17(11-9-15)27-14-16-6-4-5-7-18(16)21/h4-11,13H,2-3,12,14H2,1H3,(H,22,25)(H,24,26). The molecule has 27 heavy (non-hydrogen) atoms. The second kappa shape index (κ2) is 11.0. The van der Waals surface area contributed by atoms with Crippen LogP contribution in [0.3, 0.4) is 0 Å². The van der Waals surface area contributed by atoms with Crippen molar-refractivity contribution in [3.63, 3.8) is 0 Å². The van der Waals surface area contributed by atoms with Crippen LogP contribution in [0, 0.1) is 0 Å². The zero-order chi connectivity index (χ0) is 19.5. The van der Waals surface area contributed by atoms with Crippen molar-refractivity contribution in [1.82, 2.24) is 10.7 Å². The van der Waals surface area contributed by atoms with Crippen LogP contribution in [0.5, 0.6) is 5.75 Å². The summed E-state index contributed by atoms with van der Waals surface area (Å²) in [5.41, 5.74) is 3.86. The number of amides is 2. The Morgan fingerprint density at radius 2 is 1.85 bits per heavy atom. The predicted molar refractivity (Wildman–Crippen MR) is 106 cm³/mol. The van der Waals surface area contributed by atoms with E-state index in [1.165, 1.54) is 6.21 Å². The van der Waals surface area contributed by atoms with Gasteiger partial charge in [0.2, 0.25) is 0 Å². The highest BCUT2D eigenvalue weighted by Crippen LogP contribution is 2.18. The molecule has 0 saturated heterocycles. The summed E-state index contributed by atoms with van der Waals surface area (Å²) in [6.45, 7) is 2.85. The molecule has 2 rings (SSSR count). The zero-order valence-electron chi connectivity index (χ0n) is 15.1. The molecule has 2 amide bonds. The highest BCUT2D eigenvalue weighted by molar-refractivity contribution is 6.35. The Morgan fingerprint density at radius 1 is 1.11 bits per heavy atom. The third kappa shape index (κ3) is 7.11. The van der Waals surface area contributed by atoms with E-state index in [-0.39, 0.29) is 0 Å². The fourth-order valence-electron chi connectivity index (χ4n) is 2.10. The van der Waals surface area contributed by atoms with Crippen molar-refractivity contribution in [2.45, 2.75) is 26.4 Å². The van der Waals surface area contributed by atoms with E-state index in [1.807, 2.05) is 31.2 Å². The van der Waals surface area contributed by atoms with E-state index in [0.29, 0.717) is 23.9 Å². The monoisotopic (exact) mass is 387 g/mol. The molecule has 0 heterocycles. The van der Waals surface area contributed by atoms with E-state index >= 15 is 0 Å². The van der Waals surface area contributed by atoms with Crippen molar-refractivity contribution >= 4 is 29.6 Å². The first-order chi connectivity index (χ1) is 13.1. The summed E-state index contributed by atoms with van der Waals surface area (Å²) >= 11 is 6.10. The SMILES string of the molecule is CCCCNC(=O)C(=O)NN=Cc1ccc(OCc2ccccc2Cl)cc1. The van der Waals surface area contributed by atoms with Gasteiger partial charge < -0.3 is 10.1 Å². The van der Waals surface area contributed by atoms with E-state index < -0.39 is 11.8 Å². The molecule has 142 valence electrons. The molecule has 0 fully saturated rings. The van der Waals surface area contributed by atoms with Crippen LogP contribution in [-0.4, -0.2) is 24.6 Å². The normalized spacial score (nSPS) is 10.6. The van der Waals surface area contributed by atoms with Crippen molar-refractivity contribution in [3.05, 3.63) is 64.7 Å². The van der Waals surface area contributed by atoms with Crippen LogP contribution in [0.1, 0.15) is 30.9 Å². The number of unbranched alkanes of at least 4 members (excludes halogenated alkanes) is 1. The third-order valence-corrected chi connectivity index (χ3v) is 4.00. The summed E-state index contributed by atoms with van der Waals surface area (Å²) in [6, 6.07) is 14.7. The van der Waals surface area contributed by atoms with Gasteiger partial charge in [-0.2, -0.15) is 5.10 Å². The molecule has 0 bridgehead atoms. The van der Waals surface area contributed by atoms with Gasteiger partial charge >= 0.3 is 11.8 Å². The number of benzene rings is 2. The number of carbonyl (C=O) groups excluding carboxylic acids is 2. The summed E-state index contributed by atoms with van der Waals surface area (Å²) < 4.78 is 5.70. The van der Waals surface area contributed by atoms with Crippen molar-refractivity contribution in [2.24, 2.45) is 5.10 Å². The van der Waals surface area contributed by atoms with Gasteiger partial charge in [0.1, 0.15) is 12.4 Å². The van der Waals surface area contributed by atoms with E-state index in [4.69, 9.17) is 16.3 Å². The fourth-order valence-corrected chi connectivity index (χ4v) is 2.29. The lowest BCUT2D eigenvalue weighted by molar-refractivity contribution is -0.139. The largest absolute Gasteiger partial charge is 0.489 e. The van der Waals surface area contributed by atoms with Gasteiger partial charge in [0.05, 0.1) is 6.21 Å². The Bertz CT molecular complexity index is 791. The number of carbonyl (C=O) groups is 2. The molecular formula is C20H22ClN3O3. The van der Waals surface area contributed by atoms with Gasteiger partial charge in [0.15, 0.2) is 0 Å². The van der Waals surface area contributed by atoms with Crippen LogP contribution in [0.25, 0.3) is 0 Å². The Kier molecular flexibility index (Phi) is 8.32. The average Bonchev–Trinajstić information content (AvgIpc) is 2.68. The maximum Gasteiger partial charge on any atom is 0.329 e. The van der Waals surface area contributed by atoms with Gasteiger partial charge in [-0.25, -0.2) is 5.43 Å². The Morgan fingerprint density at radius 3 is 2.56 bits per heavy atom. The minimum Gasteiger partial charge on any atom is -0.489 e. The summed E-state index contributed by atoms with van der Waals surface area (Å²) in [5, 5.41) is 6.96. The average molecular weight is 388 g/mol. The molecule has 0 atom stereocenters. The van der Waals surface area contributed by atoms with Crippen LogP contribution in [0.2, 0.25) is 5.02 Å². The smallest absolute Gasteiger partial charge is 0.329 e. The molecule has 0 aliphatic heterocycles. The summed E-state index contributed by atoms with van der Waals surface area (Å²) in [4.78, 5) is 23.1. The van der Waals surface area contributed by atoms with Crippen LogP contribution in [-0.2, 0) is 16.2 Å². The molecule has 7 heteroatoms. The quantitative estimate of drug-likeness (QED) is 0.315. The molecule has 0 spiro atoms. The summed E-state index contributed by atoms with van der Waals surface area (Å²) in [7, 11) is 0. The molecule has 0 unspecified atom stereocenters. The highest BCUT2D eigenvalue weighted by Gasteiger charge is 2.10. The maximum absolute atomic E-state index is 11.6. The molecule has 2 aromatic rings. The van der Waals surface area contributed by atoms with Crippen LogP contribution < -0.4 is 15.5 Å². The van der Waals surface area contributed by atoms with Crippen LogP contribution in [0.4, 0.5) is 0 Å². The Hall–Kier alpha value is -2.86. The first kappa shape index (κ1) is 20.5. The van der Waals surface area contributed by atoms with Crippen molar-refractivity contribution in [1.29, 1.82) is 0 Å². The molecule has 0 aliphatic rings. The maximum atomic E-state index is 11.6. The number of rotatable bonds is 8. The Balaban J connectivity index is 1.79. The number of hydrogen-bond acceptors (Lipinski definition) is 4. The second-order valence-corrected chi connectivity index (χ2v) is 6.16. The molecule has 0 saturated carbocycles. The molecule has 0 aliphatic carbocycles. The lowest BCUT2D eigenvalue weighted by Gasteiger charge is -2.07. The first-order valence-corrected chi connectivity index (χ1v) is 9.05. The van der Waals surface area contributed by atoms with Crippen molar-refractivity contribution < 1.29 is 14.3 Å².